The van der Waals surface area contributed by atoms with Crippen molar-refractivity contribution >= 4 is 38.9 Å². The predicted molar refractivity (Wildman–Crippen MR) is 165 cm³/mol. The standard InChI is InChI=1S/C32H31ClN4O4S/c1-21-5-7-22(8-6-21)17-34-32(39)24-9-14-30(28(16-24)35-42(40,41)27-12-10-26(33)11-13-27)36-18-23-15-25(20-36)29-3-2-4-31(38)37(29)19-23/h2-14,16,23,25,35H,15,17-20H2,1H3,(H,34,39). The molecule has 2 aliphatic heterocycles. The van der Waals surface area contributed by atoms with Crippen molar-refractivity contribution in [2.75, 3.05) is 22.7 Å². The molecule has 3 heterocycles. The molecule has 0 aliphatic carbocycles. The van der Waals surface area contributed by atoms with Crippen LogP contribution in [0.5, 0.6) is 0 Å². The fourth-order valence-corrected chi connectivity index (χ4v) is 7.13. The summed E-state index contributed by atoms with van der Waals surface area (Å²) in [5.74, 6) is 0.0528. The van der Waals surface area contributed by atoms with Crippen LogP contribution in [0.4, 0.5) is 11.4 Å². The lowest BCUT2D eigenvalue weighted by atomic mass is 9.83. The van der Waals surface area contributed by atoms with Gasteiger partial charge in [0.15, 0.2) is 0 Å². The lowest BCUT2D eigenvalue weighted by Crippen LogP contribution is -2.47. The van der Waals surface area contributed by atoms with Crippen LogP contribution in [0.3, 0.4) is 0 Å². The van der Waals surface area contributed by atoms with Gasteiger partial charge in [0, 0.05) is 54.4 Å². The second kappa shape index (κ2) is 11.3. The van der Waals surface area contributed by atoms with E-state index in [9.17, 15) is 18.0 Å². The number of sulfonamides is 1. The van der Waals surface area contributed by atoms with Gasteiger partial charge >= 0.3 is 0 Å². The number of anilines is 2. The molecular weight excluding hydrogens is 572 g/mol. The number of rotatable bonds is 7. The molecule has 1 fully saturated rings. The maximum Gasteiger partial charge on any atom is 0.261 e. The number of nitrogens with zero attached hydrogens (tertiary/aromatic N) is 2. The summed E-state index contributed by atoms with van der Waals surface area (Å²) in [5, 5.41) is 3.37. The zero-order chi connectivity index (χ0) is 29.4. The summed E-state index contributed by atoms with van der Waals surface area (Å²) in [5.41, 5.74) is 4.45. The van der Waals surface area contributed by atoms with Crippen molar-refractivity contribution in [1.29, 1.82) is 0 Å². The molecule has 8 nitrogen and oxygen atoms in total. The van der Waals surface area contributed by atoms with Crippen LogP contribution in [-0.2, 0) is 23.1 Å². The summed E-state index contributed by atoms with van der Waals surface area (Å²) in [7, 11) is -3.98. The Bertz CT molecular complexity index is 1800. The monoisotopic (exact) mass is 602 g/mol. The first-order valence-electron chi connectivity index (χ1n) is 13.9. The van der Waals surface area contributed by atoms with Crippen LogP contribution in [-0.4, -0.2) is 32.0 Å². The highest BCUT2D eigenvalue weighted by atomic mass is 35.5. The third kappa shape index (κ3) is 5.80. The van der Waals surface area contributed by atoms with Gasteiger partial charge in [-0.25, -0.2) is 8.42 Å². The summed E-state index contributed by atoms with van der Waals surface area (Å²) in [6.45, 7) is 4.25. The molecule has 6 rings (SSSR count). The van der Waals surface area contributed by atoms with E-state index in [0.29, 0.717) is 48.1 Å². The first-order chi connectivity index (χ1) is 20.2. The molecule has 10 heteroatoms. The van der Waals surface area contributed by atoms with Gasteiger partial charge in [-0.2, -0.15) is 0 Å². The molecule has 42 heavy (non-hydrogen) atoms. The van der Waals surface area contributed by atoms with Crippen LogP contribution in [0, 0.1) is 12.8 Å². The molecule has 2 bridgehead atoms. The molecule has 2 aliphatic rings. The highest BCUT2D eigenvalue weighted by Crippen LogP contribution is 2.39. The maximum absolute atomic E-state index is 13.5. The van der Waals surface area contributed by atoms with E-state index in [4.69, 9.17) is 11.6 Å². The number of piperidine rings is 1. The molecular formula is C32H31ClN4O4S. The van der Waals surface area contributed by atoms with Crippen molar-refractivity contribution in [2.45, 2.75) is 37.2 Å². The molecule has 1 amide bonds. The quantitative estimate of drug-likeness (QED) is 0.304. The largest absolute Gasteiger partial charge is 0.369 e. The Balaban J connectivity index is 1.32. The molecule has 2 unspecified atom stereocenters. The smallest absolute Gasteiger partial charge is 0.261 e. The molecule has 0 saturated carbocycles. The Labute approximate surface area is 250 Å². The van der Waals surface area contributed by atoms with Gasteiger partial charge in [-0.3, -0.25) is 14.3 Å². The minimum absolute atomic E-state index is 0.00747. The number of hydrogen-bond donors (Lipinski definition) is 2. The predicted octanol–water partition coefficient (Wildman–Crippen LogP) is 5.16. The molecule has 2 atom stereocenters. The van der Waals surface area contributed by atoms with Crippen LogP contribution >= 0.6 is 11.6 Å². The second-order valence-corrected chi connectivity index (χ2v) is 13.2. The molecule has 3 aromatic carbocycles. The van der Waals surface area contributed by atoms with Crippen LogP contribution in [0.1, 0.15) is 39.5 Å². The minimum atomic E-state index is -3.98. The zero-order valence-electron chi connectivity index (χ0n) is 23.1. The number of benzene rings is 3. The first-order valence-corrected chi connectivity index (χ1v) is 15.7. The summed E-state index contributed by atoms with van der Waals surface area (Å²) in [6, 6.07) is 24.4. The summed E-state index contributed by atoms with van der Waals surface area (Å²) in [4.78, 5) is 27.9. The van der Waals surface area contributed by atoms with Crippen molar-refractivity contribution in [3.8, 4) is 0 Å². The van der Waals surface area contributed by atoms with Crippen LogP contribution in [0.15, 0.2) is 94.6 Å². The Morgan fingerprint density at radius 2 is 1.71 bits per heavy atom. The Hall–Kier alpha value is -4.08. The number of aromatic nitrogens is 1. The number of carbonyl (C=O) groups excluding carboxylic acids is 1. The van der Waals surface area contributed by atoms with E-state index in [2.05, 4.69) is 14.9 Å². The van der Waals surface area contributed by atoms with E-state index in [-0.39, 0.29) is 28.2 Å². The highest BCUT2D eigenvalue weighted by Gasteiger charge is 2.35. The number of nitrogens with one attached hydrogen (secondary N) is 2. The Morgan fingerprint density at radius 3 is 2.48 bits per heavy atom. The fraction of sp³-hybridized carbons (Fsp3) is 0.250. The van der Waals surface area contributed by atoms with Crippen molar-refractivity contribution < 1.29 is 13.2 Å². The average molecular weight is 603 g/mol. The van der Waals surface area contributed by atoms with E-state index in [1.54, 1.807) is 30.3 Å². The number of carbonyl (C=O) groups is 1. The van der Waals surface area contributed by atoms with Crippen molar-refractivity contribution in [3.05, 3.63) is 123 Å². The first kappa shape index (κ1) is 28.1. The van der Waals surface area contributed by atoms with Gasteiger partial charge in [0.25, 0.3) is 21.5 Å². The number of hydrogen-bond acceptors (Lipinski definition) is 5. The van der Waals surface area contributed by atoms with E-state index in [1.807, 2.05) is 41.8 Å². The van der Waals surface area contributed by atoms with Crippen molar-refractivity contribution in [2.24, 2.45) is 5.92 Å². The van der Waals surface area contributed by atoms with Crippen LogP contribution in [0.2, 0.25) is 5.02 Å². The lowest BCUT2D eigenvalue weighted by Gasteiger charge is -2.44. The van der Waals surface area contributed by atoms with Crippen molar-refractivity contribution in [3.63, 3.8) is 0 Å². The Kier molecular flexibility index (Phi) is 7.55. The van der Waals surface area contributed by atoms with Gasteiger partial charge in [-0.05, 0) is 73.4 Å². The number of aryl methyl sites for hydroxylation is 1. The van der Waals surface area contributed by atoms with Gasteiger partial charge in [-0.15, -0.1) is 0 Å². The number of pyridine rings is 1. The SMILES string of the molecule is Cc1ccc(CNC(=O)c2ccc(N3CC4CC(C3)c3cccc(=O)n3C4)c(NS(=O)(=O)c3ccc(Cl)cc3)c2)cc1. The lowest BCUT2D eigenvalue weighted by molar-refractivity contribution is 0.0951. The van der Waals surface area contributed by atoms with Gasteiger partial charge in [-0.1, -0.05) is 47.5 Å². The van der Waals surface area contributed by atoms with Gasteiger partial charge in [0.1, 0.15) is 0 Å². The maximum atomic E-state index is 13.5. The fourth-order valence-electron chi connectivity index (χ4n) is 5.94. The van der Waals surface area contributed by atoms with E-state index in [0.717, 1.165) is 23.2 Å². The molecule has 1 saturated heterocycles. The zero-order valence-corrected chi connectivity index (χ0v) is 24.7. The van der Waals surface area contributed by atoms with Crippen molar-refractivity contribution in [1.82, 2.24) is 9.88 Å². The topological polar surface area (TPSA) is 101 Å². The second-order valence-electron chi connectivity index (χ2n) is 11.1. The Morgan fingerprint density at radius 1 is 0.952 bits per heavy atom. The summed E-state index contributed by atoms with van der Waals surface area (Å²) in [6.07, 6.45) is 0.964. The van der Waals surface area contributed by atoms with Gasteiger partial charge < -0.3 is 14.8 Å². The number of fused-ring (bicyclic) bond motifs is 4. The van der Waals surface area contributed by atoms with Crippen LogP contribution < -0.4 is 20.5 Å². The van der Waals surface area contributed by atoms with E-state index < -0.39 is 10.0 Å². The summed E-state index contributed by atoms with van der Waals surface area (Å²) < 4.78 is 31.5. The molecule has 1 aromatic heterocycles. The molecule has 4 aromatic rings. The van der Waals surface area contributed by atoms with E-state index >= 15 is 0 Å². The van der Waals surface area contributed by atoms with Gasteiger partial charge in [0.05, 0.1) is 16.3 Å². The summed E-state index contributed by atoms with van der Waals surface area (Å²) >= 11 is 5.99. The molecule has 2 N–H and O–H groups in total. The third-order valence-electron chi connectivity index (χ3n) is 8.02. The van der Waals surface area contributed by atoms with Gasteiger partial charge in [0.2, 0.25) is 0 Å². The minimum Gasteiger partial charge on any atom is -0.369 e. The number of amides is 1. The highest BCUT2D eigenvalue weighted by molar-refractivity contribution is 7.92. The normalized spacial score (nSPS) is 17.8. The number of halogens is 1. The molecule has 0 spiro atoms. The van der Waals surface area contributed by atoms with E-state index in [1.165, 1.54) is 24.3 Å². The third-order valence-corrected chi connectivity index (χ3v) is 9.65. The molecule has 0 radical (unpaired) electrons. The average Bonchev–Trinajstić information content (AvgIpc) is 2.97. The van der Waals surface area contributed by atoms with Crippen LogP contribution in [0.25, 0.3) is 0 Å². The molecule has 216 valence electrons.